The number of nitrogens with one attached hydrogen (secondary N) is 2. The number of aromatic nitrogens is 2. The monoisotopic (exact) mass is 200 g/mol. The molecule has 2 N–H and O–H groups in total. The molecular formula is C12H14N3+. The normalized spacial score (nSPS) is 14.9. The number of imidazole rings is 1. The molecule has 0 spiro atoms. The summed E-state index contributed by atoms with van der Waals surface area (Å²) in [5, 5.41) is 3.36. The molecule has 1 aromatic heterocycles. The Morgan fingerprint density at radius 3 is 2.87 bits per heavy atom. The molecule has 15 heavy (non-hydrogen) atoms. The van der Waals surface area contributed by atoms with Crippen molar-refractivity contribution in [3.63, 3.8) is 0 Å². The van der Waals surface area contributed by atoms with Gasteiger partial charge in [0.1, 0.15) is 5.69 Å². The Kier molecular flexibility index (Phi) is 2.03. The van der Waals surface area contributed by atoms with E-state index in [0.717, 1.165) is 19.5 Å². The molecule has 0 radical (unpaired) electrons. The first-order valence-electron chi connectivity index (χ1n) is 5.32. The van der Waals surface area contributed by atoms with Crippen LogP contribution in [-0.4, -0.2) is 11.5 Å². The lowest BCUT2D eigenvalue weighted by Gasteiger charge is -2.09. The van der Waals surface area contributed by atoms with Crippen LogP contribution >= 0.6 is 0 Å². The number of H-pyrrole nitrogens is 1. The molecule has 0 unspecified atom stereocenters. The second kappa shape index (κ2) is 3.51. The van der Waals surface area contributed by atoms with Crippen molar-refractivity contribution in [2.75, 3.05) is 6.54 Å². The Labute approximate surface area is 88.8 Å². The quantitative estimate of drug-likeness (QED) is 0.660. The Hall–Kier alpha value is -1.61. The van der Waals surface area contributed by atoms with Gasteiger partial charge >= 0.3 is 0 Å². The molecule has 0 amide bonds. The minimum atomic E-state index is 0.954. The Morgan fingerprint density at radius 1 is 1.13 bits per heavy atom. The van der Waals surface area contributed by atoms with Crippen molar-refractivity contribution in [3.05, 3.63) is 48.0 Å². The van der Waals surface area contributed by atoms with E-state index in [4.69, 9.17) is 0 Å². The number of hydrogen-bond acceptors (Lipinski definition) is 1. The van der Waals surface area contributed by atoms with E-state index in [-0.39, 0.29) is 0 Å². The average molecular weight is 200 g/mol. The highest BCUT2D eigenvalue weighted by Gasteiger charge is 2.21. The van der Waals surface area contributed by atoms with Gasteiger partial charge in [0.15, 0.2) is 11.4 Å². The number of benzene rings is 1. The predicted molar refractivity (Wildman–Crippen MR) is 57.7 cm³/mol. The SMILES string of the molecule is c1ccc(-[n+]2c[nH]c3c2CCNC3)cc1. The molecule has 0 fully saturated rings. The van der Waals surface area contributed by atoms with Crippen LogP contribution in [0.15, 0.2) is 36.7 Å². The van der Waals surface area contributed by atoms with Crippen LogP contribution in [0.2, 0.25) is 0 Å². The van der Waals surface area contributed by atoms with E-state index >= 15 is 0 Å². The molecule has 2 aromatic rings. The molecule has 3 nitrogen and oxygen atoms in total. The topological polar surface area (TPSA) is 31.7 Å². The van der Waals surface area contributed by atoms with Crippen molar-refractivity contribution < 1.29 is 4.57 Å². The van der Waals surface area contributed by atoms with E-state index < -0.39 is 0 Å². The highest BCUT2D eigenvalue weighted by Crippen LogP contribution is 2.09. The first-order valence-corrected chi connectivity index (χ1v) is 5.32. The zero-order chi connectivity index (χ0) is 10.1. The third kappa shape index (κ3) is 1.45. The van der Waals surface area contributed by atoms with Crippen LogP contribution in [0, 0.1) is 0 Å². The highest BCUT2D eigenvalue weighted by molar-refractivity contribution is 5.23. The van der Waals surface area contributed by atoms with Crippen molar-refractivity contribution in [3.8, 4) is 5.69 Å². The van der Waals surface area contributed by atoms with E-state index in [0.29, 0.717) is 0 Å². The zero-order valence-corrected chi connectivity index (χ0v) is 8.53. The van der Waals surface area contributed by atoms with Crippen LogP contribution in [0.3, 0.4) is 0 Å². The van der Waals surface area contributed by atoms with Crippen LogP contribution in [0.4, 0.5) is 0 Å². The summed E-state index contributed by atoms with van der Waals surface area (Å²) in [6.07, 6.45) is 3.14. The third-order valence-corrected chi connectivity index (χ3v) is 2.88. The summed E-state index contributed by atoms with van der Waals surface area (Å²) < 4.78 is 2.25. The van der Waals surface area contributed by atoms with Crippen molar-refractivity contribution in [2.45, 2.75) is 13.0 Å². The molecular weight excluding hydrogens is 186 g/mol. The van der Waals surface area contributed by atoms with Gasteiger partial charge in [0.05, 0.1) is 6.54 Å². The van der Waals surface area contributed by atoms with Gasteiger partial charge < -0.3 is 5.32 Å². The Balaban J connectivity index is 2.09. The second-order valence-corrected chi connectivity index (χ2v) is 3.83. The van der Waals surface area contributed by atoms with E-state index in [1.807, 2.05) is 12.4 Å². The molecule has 1 aliphatic rings. The van der Waals surface area contributed by atoms with Gasteiger partial charge in [-0.15, -0.1) is 0 Å². The summed E-state index contributed by atoms with van der Waals surface area (Å²) in [5.74, 6) is 0. The lowest BCUT2D eigenvalue weighted by atomic mass is 10.2. The first-order chi connectivity index (χ1) is 7.45. The molecule has 1 aromatic carbocycles. The fraction of sp³-hybridized carbons (Fsp3) is 0.250. The van der Waals surface area contributed by atoms with Crippen LogP contribution in [-0.2, 0) is 13.0 Å². The predicted octanol–water partition coefficient (Wildman–Crippen LogP) is 0.937. The molecule has 0 saturated heterocycles. The zero-order valence-electron chi connectivity index (χ0n) is 8.53. The largest absolute Gasteiger partial charge is 0.309 e. The van der Waals surface area contributed by atoms with Gasteiger partial charge in [-0.3, -0.25) is 0 Å². The summed E-state index contributed by atoms with van der Waals surface area (Å²) in [5.41, 5.74) is 3.95. The molecule has 1 aliphatic heterocycles. The minimum absolute atomic E-state index is 0.954. The summed E-state index contributed by atoms with van der Waals surface area (Å²) in [7, 11) is 0. The molecule has 3 heteroatoms. The lowest BCUT2D eigenvalue weighted by Crippen LogP contribution is -2.37. The fourth-order valence-corrected chi connectivity index (χ4v) is 2.11. The van der Waals surface area contributed by atoms with Gasteiger partial charge in [0.25, 0.3) is 0 Å². The summed E-state index contributed by atoms with van der Waals surface area (Å²) >= 11 is 0. The lowest BCUT2D eigenvalue weighted by molar-refractivity contribution is -0.603. The van der Waals surface area contributed by atoms with Gasteiger partial charge in [0, 0.05) is 13.0 Å². The van der Waals surface area contributed by atoms with Gasteiger partial charge in [-0.25, -0.2) is 4.98 Å². The van der Waals surface area contributed by atoms with Crippen molar-refractivity contribution in [1.29, 1.82) is 0 Å². The molecule has 2 heterocycles. The van der Waals surface area contributed by atoms with E-state index in [1.54, 1.807) is 0 Å². The molecule has 0 aliphatic carbocycles. The molecule has 0 atom stereocenters. The molecule has 0 saturated carbocycles. The summed E-state index contributed by atoms with van der Waals surface area (Å²) in [4.78, 5) is 3.33. The number of nitrogens with zero attached hydrogens (tertiary/aromatic N) is 1. The van der Waals surface area contributed by atoms with Gasteiger partial charge in [-0.1, -0.05) is 18.2 Å². The van der Waals surface area contributed by atoms with Crippen LogP contribution in [0.5, 0.6) is 0 Å². The Bertz CT molecular complexity index is 459. The highest BCUT2D eigenvalue weighted by atomic mass is 15.1. The Morgan fingerprint density at radius 2 is 2.00 bits per heavy atom. The van der Waals surface area contributed by atoms with Gasteiger partial charge in [-0.05, 0) is 12.1 Å². The number of hydrogen-bond donors (Lipinski definition) is 2. The fourth-order valence-electron chi connectivity index (χ4n) is 2.11. The standard InChI is InChI=1S/C12H13N3/c1-2-4-10(5-3-1)15-9-14-11-8-13-7-6-12(11)15/h1-5,9,13H,6-8H2/p+1. The van der Waals surface area contributed by atoms with E-state index in [9.17, 15) is 0 Å². The van der Waals surface area contributed by atoms with Crippen molar-refractivity contribution in [1.82, 2.24) is 10.3 Å². The number of para-hydroxylation sites is 1. The average Bonchev–Trinajstić information content (AvgIpc) is 2.74. The summed E-state index contributed by atoms with van der Waals surface area (Å²) in [6, 6.07) is 10.5. The van der Waals surface area contributed by atoms with Crippen LogP contribution in [0.1, 0.15) is 11.4 Å². The molecule has 76 valence electrons. The van der Waals surface area contributed by atoms with E-state index in [1.165, 1.54) is 17.1 Å². The van der Waals surface area contributed by atoms with Crippen molar-refractivity contribution >= 4 is 0 Å². The maximum absolute atomic E-state index is 3.36. The van der Waals surface area contributed by atoms with Gasteiger partial charge in [0.2, 0.25) is 6.33 Å². The van der Waals surface area contributed by atoms with E-state index in [2.05, 4.69) is 39.1 Å². The molecule has 3 rings (SSSR count). The maximum Gasteiger partial charge on any atom is 0.247 e. The number of fused-ring (bicyclic) bond motifs is 1. The van der Waals surface area contributed by atoms with Crippen LogP contribution in [0.25, 0.3) is 5.69 Å². The number of rotatable bonds is 1. The smallest absolute Gasteiger partial charge is 0.247 e. The van der Waals surface area contributed by atoms with Gasteiger partial charge in [-0.2, -0.15) is 4.57 Å². The first kappa shape index (κ1) is 8.68. The summed E-state index contributed by atoms with van der Waals surface area (Å²) in [6.45, 7) is 2.02. The minimum Gasteiger partial charge on any atom is -0.309 e. The number of aromatic amines is 1. The second-order valence-electron chi connectivity index (χ2n) is 3.83. The van der Waals surface area contributed by atoms with Crippen LogP contribution < -0.4 is 9.88 Å². The molecule has 0 bridgehead atoms. The maximum atomic E-state index is 3.36. The van der Waals surface area contributed by atoms with Crippen molar-refractivity contribution in [2.24, 2.45) is 0 Å². The third-order valence-electron chi connectivity index (χ3n) is 2.88.